The van der Waals surface area contributed by atoms with E-state index in [0.717, 1.165) is 18.7 Å². The second kappa shape index (κ2) is 9.02. The third kappa shape index (κ3) is 4.97. The Hall–Kier alpha value is -3.09. The van der Waals surface area contributed by atoms with Crippen molar-refractivity contribution in [2.24, 2.45) is 0 Å². The van der Waals surface area contributed by atoms with Gasteiger partial charge in [0.2, 0.25) is 0 Å². The number of nitrogens with one attached hydrogen (secondary N) is 2. The van der Waals surface area contributed by atoms with E-state index in [0.29, 0.717) is 22.9 Å². The molecule has 0 aliphatic heterocycles. The average molecular weight is 367 g/mol. The van der Waals surface area contributed by atoms with Crippen LogP contribution >= 0.6 is 0 Å². The van der Waals surface area contributed by atoms with Gasteiger partial charge < -0.3 is 21.1 Å². The zero-order valence-corrected chi connectivity index (χ0v) is 15.5. The fourth-order valence-electron chi connectivity index (χ4n) is 3.05. The first-order valence-corrected chi connectivity index (χ1v) is 9.15. The topological polar surface area (TPSA) is 102 Å². The molecule has 7 nitrogen and oxygen atoms in total. The molecule has 1 aromatic carbocycles. The van der Waals surface area contributed by atoms with Crippen molar-refractivity contribution < 1.29 is 9.53 Å². The second-order valence-corrected chi connectivity index (χ2v) is 6.46. The van der Waals surface area contributed by atoms with Crippen molar-refractivity contribution in [2.45, 2.75) is 32.1 Å². The fourth-order valence-corrected chi connectivity index (χ4v) is 3.05. The number of carbonyl (C=O) groups excluding carboxylic acids is 1. The van der Waals surface area contributed by atoms with E-state index in [-0.39, 0.29) is 5.97 Å². The number of rotatable bonds is 7. The van der Waals surface area contributed by atoms with E-state index in [1.54, 1.807) is 24.3 Å². The molecule has 1 aliphatic rings. The summed E-state index contributed by atoms with van der Waals surface area (Å²) in [7, 11) is 1.36. The highest BCUT2D eigenvalue weighted by Gasteiger charge is 2.10. The molecule has 0 fully saturated rings. The first-order valence-electron chi connectivity index (χ1n) is 9.15. The Morgan fingerprint density at radius 3 is 2.67 bits per heavy atom. The summed E-state index contributed by atoms with van der Waals surface area (Å²) in [4.78, 5) is 20.0. The normalized spacial score (nSPS) is 13.6. The number of anilines is 4. The van der Waals surface area contributed by atoms with Crippen molar-refractivity contribution in [1.82, 2.24) is 9.97 Å². The van der Waals surface area contributed by atoms with Crippen molar-refractivity contribution in [3.63, 3.8) is 0 Å². The zero-order chi connectivity index (χ0) is 19.1. The third-order valence-electron chi connectivity index (χ3n) is 4.58. The fraction of sp³-hybridized carbons (Fsp3) is 0.350. The molecular weight excluding hydrogens is 342 g/mol. The molecule has 3 rings (SSSR count). The van der Waals surface area contributed by atoms with Gasteiger partial charge in [0.1, 0.15) is 12.0 Å². The molecule has 0 radical (unpaired) electrons. The molecule has 0 unspecified atom stereocenters. The SMILES string of the molecule is COC(=O)c1ccc(Nc2ncnc(NCCC3=CCCCC3)c2N)cc1. The van der Waals surface area contributed by atoms with Gasteiger partial charge in [-0.3, -0.25) is 0 Å². The Balaban J connectivity index is 1.62. The summed E-state index contributed by atoms with van der Waals surface area (Å²) in [5.41, 5.74) is 9.44. The summed E-state index contributed by atoms with van der Waals surface area (Å²) in [5.74, 6) is 0.771. The lowest BCUT2D eigenvalue weighted by atomic mass is 9.97. The molecule has 7 heteroatoms. The molecule has 1 aliphatic carbocycles. The molecular formula is C20H25N5O2. The molecule has 4 N–H and O–H groups in total. The number of benzene rings is 1. The minimum Gasteiger partial charge on any atom is -0.465 e. The molecule has 0 saturated heterocycles. The number of methoxy groups -OCH3 is 1. The van der Waals surface area contributed by atoms with Crippen LogP contribution in [0.3, 0.4) is 0 Å². The van der Waals surface area contributed by atoms with Crippen molar-refractivity contribution in [1.29, 1.82) is 0 Å². The third-order valence-corrected chi connectivity index (χ3v) is 4.58. The number of nitrogen functional groups attached to an aromatic ring is 1. The molecule has 0 amide bonds. The van der Waals surface area contributed by atoms with Crippen LogP contribution in [0.2, 0.25) is 0 Å². The summed E-state index contributed by atoms with van der Waals surface area (Å²) in [6.45, 7) is 0.792. The molecule has 0 atom stereocenters. The lowest BCUT2D eigenvalue weighted by Gasteiger charge is -2.15. The molecule has 1 heterocycles. The van der Waals surface area contributed by atoms with Gasteiger partial charge in [0.05, 0.1) is 12.7 Å². The van der Waals surface area contributed by atoms with E-state index in [2.05, 4.69) is 26.7 Å². The Labute approximate surface area is 159 Å². The summed E-state index contributed by atoms with van der Waals surface area (Å²) in [6.07, 6.45) is 9.78. The van der Waals surface area contributed by atoms with E-state index < -0.39 is 0 Å². The average Bonchev–Trinajstić information content (AvgIpc) is 2.71. The second-order valence-electron chi connectivity index (χ2n) is 6.46. The van der Waals surface area contributed by atoms with Crippen LogP contribution in [-0.2, 0) is 4.74 Å². The maximum absolute atomic E-state index is 11.5. The number of carbonyl (C=O) groups is 1. The van der Waals surface area contributed by atoms with Gasteiger partial charge in [0.25, 0.3) is 0 Å². The minimum absolute atomic E-state index is 0.373. The van der Waals surface area contributed by atoms with Crippen LogP contribution in [0.4, 0.5) is 23.0 Å². The summed E-state index contributed by atoms with van der Waals surface area (Å²) in [5, 5.41) is 6.46. The number of hydrogen-bond acceptors (Lipinski definition) is 7. The number of nitrogens with zero attached hydrogens (tertiary/aromatic N) is 2. The maximum Gasteiger partial charge on any atom is 0.337 e. The highest BCUT2D eigenvalue weighted by molar-refractivity contribution is 5.90. The van der Waals surface area contributed by atoms with Gasteiger partial charge in [-0.1, -0.05) is 11.6 Å². The molecule has 0 bridgehead atoms. The predicted molar refractivity (Wildman–Crippen MR) is 107 cm³/mol. The summed E-state index contributed by atoms with van der Waals surface area (Å²) < 4.78 is 4.70. The van der Waals surface area contributed by atoms with E-state index >= 15 is 0 Å². The van der Waals surface area contributed by atoms with Gasteiger partial charge in [-0.25, -0.2) is 14.8 Å². The van der Waals surface area contributed by atoms with Crippen molar-refractivity contribution in [2.75, 3.05) is 30.0 Å². The van der Waals surface area contributed by atoms with E-state index in [1.165, 1.54) is 44.7 Å². The van der Waals surface area contributed by atoms with Crippen LogP contribution in [0.15, 0.2) is 42.2 Å². The van der Waals surface area contributed by atoms with Gasteiger partial charge >= 0.3 is 5.97 Å². The maximum atomic E-state index is 11.5. The predicted octanol–water partition coefficient (Wildman–Crippen LogP) is 3.89. The van der Waals surface area contributed by atoms with Crippen LogP contribution in [0, 0.1) is 0 Å². The molecule has 0 spiro atoms. The van der Waals surface area contributed by atoms with E-state index in [4.69, 9.17) is 10.5 Å². The van der Waals surface area contributed by atoms with Gasteiger partial charge in [-0.15, -0.1) is 0 Å². The van der Waals surface area contributed by atoms with Crippen molar-refractivity contribution in [3.05, 3.63) is 47.8 Å². The van der Waals surface area contributed by atoms with Crippen LogP contribution in [0.5, 0.6) is 0 Å². The Bertz CT molecular complexity index is 818. The van der Waals surface area contributed by atoms with Crippen LogP contribution in [0.1, 0.15) is 42.5 Å². The number of ether oxygens (including phenoxy) is 1. The summed E-state index contributed by atoms with van der Waals surface area (Å²) >= 11 is 0. The molecule has 27 heavy (non-hydrogen) atoms. The quantitative estimate of drug-likeness (QED) is 0.504. The lowest BCUT2D eigenvalue weighted by molar-refractivity contribution is 0.0601. The Morgan fingerprint density at radius 2 is 1.96 bits per heavy atom. The molecule has 1 aromatic heterocycles. The first kappa shape index (κ1) is 18.7. The van der Waals surface area contributed by atoms with Gasteiger partial charge in [0, 0.05) is 12.2 Å². The van der Waals surface area contributed by atoms with Crippen LogP contribution in [0.25, 0.3) is 0 Å². The van der Waals surface area contributed by atoms with Gasteiger partial charge in [-0.2, -0.15) is 0 Å². The molecule has 142 valence electrons. The highest BCUT2D eigenvalue weighted by atomic mass is 16.5. The minimum atomic E-state index is -0.373. The summed E-state index contributed by atoms with van der Waals surface area (Å²) in [6, 6.07) is 6.91. The number of nitrogens with two attached hydrogens (primary N) is 1. The number of esters is 1. The smallest absolute Gasteiger partial charge is 0.337 e. The van der Waals surface area contributed by atoms with Crippen LogP contribution < -0.4 is 16.4 Å². The first-order chi connectivity index (χ1) is 13.2. The Kier molecular flexibility index (Phi) is 6.25. The van der Waals surface area contributed by atoms with E-state index in [1.807, 2.05) is 0 Å². The van der Waals surface area contributed by atoms with E-state index in [9.17, 15) is 4.79 Å². The van der Waals surface area contributed by atoms with Crippen molar-refractivity contribution in [3.8, 4) is 0 Å². The molecule has 2 aromatic rings. The van der Waals surface area contributed by atoms with Crippen LogP contribution in [-0.4, -0.2) is 29.6 Å². The van der Waals surface area contributed by atoms with Gasteiger partial charge in [0.15, 0.2) is 11.6 Å². The zero-order valence-electron chi connectivity index (χ0n) is 15.5. The van der Waals surface area contributed by atoms with Crippen molar-refractivity contribution >= 4 is 29.0 Å². The number of allylic oxidation sites excluding steroid dienone is 1. The number of aromatic nitrogens is 2. The standard InChI is InChI=1S/C20H25N5O2/c1-27-20(26)15-7-9-16(10-8-15)25-19-17(21)18(23-13-24-19)22-12-11-14-5-3-2-4-6-14/h5,7-10,13H,2-4,6,11-12,21H2,1H3,(H2,22,23,24,25). The monoisotopic (exact) mass is 367 g/mol. The Morgan fingerprint density at radius 1 is 1.19 bits per heavy atom. The highest BCUT2D eigenvalue weighted by Crippen LogP contribution is 2.26. The largest absolute Gasteiger partial charge is 0.465 e. The molecule has 0 saturated carbocycles. The van der Waals surface area contributed by atoms with Gasteiger partial charge in [-0.05, 0) is 56.4 Å². The lowest BCUT2D eigenvalue weighted by Crippen LogP contribution is -2.10. The number of hydrogen-bond donors (Lipinski definition) is 3.